The van der Waals surface area contributed by atoms with Gasteiger partial charge < -0.3 is 9.80 Å². The van der Waals surface area contributed by atoms with Crippen molar-refractivity contribution in [3.05, 3.63) is 42.0 Å². The molecule has 2 amide bonds. The highest BCUT2D eigenvalue weighted by Gasteiger charge is 2.32. The molecule has 2 aromatic rings. The van der Waals surface area contributed by atoms with Gasteiger partial charge in [0.15, 0.2) is 0 Å². The van der Waals surface area contributed by atoms with E-state index < -0.39 is 0 Å². The van der Waals surface area contributed by atoms with Gasteiger partial charge in [-0.05, 0) is 18.6 Å². The van der Waals surface area contributed by atoms with Crippen LogP contribution in [0.1, 0.15) is 34.9 Å². The van der Waals surface area contributed by atoms with Gasteiger partial charge in [0.2, 0.25) is 5.91 Å². The number of hydrogen-bond donors (Lipinski definition) is 0. The zero-order chi connectivity index (χ0) is 16.5. The van der Waals surface area contributed by atoms with E-state index in [-0.39, 0.29) is 17.9 Å². The van der Waals surface area contributed by atoms with Crippen LogP contribution in [0.3, 0.4) is 0 Å². The van der Waals surface area contributed by atoms with Gasteiger partial charge in [-0.25, -0.2) is 0 Å². The predicted octanol–water partition coefficient (Wildman–Crippen LogP) is 0.493. The molecule has 2 aromatic heterocycles. The van der Waals surface area contributed by atoms with Gasteiger partial charge in [-0.15, -0.1) is 0 Å². The molecule has 1 unspecified atom stereocenters. The topological polar surface area (TPSA) is 84.2 Å². The van der Waals surface area contributed by atoms with Gasteiger partial charge in [-0.2, -0.15) is 15.3 Å². The molecule has 8 nitrogen and oxygen atoms in total. The van der Waals surface area contributed by atoms with E-state index in [1.54, 1.807) is 17.2 Å². The number of amides is 2. The smallest absolute Gasteiger partial charge is 0.255 e. The lowest BCUT2D eigenvalue weighted by atomic mass is 10.1. The Balaban J connectivity index is 1.56. The molecule has 1 saturated heterocycles. The van der Waals surface area contributed by atoms with Crippen LogP contribution in [0.25, 0.3) is 0 Å². The van der Waals surface area contributed by atoms with Gasteiger partial charge in [-0.3, -0.25) is 14.3 Å². The third-order valence-electron chi connectivity index (χ3n) is 4.60. The minimum Gasteiger partial charge on any atom is -0.340 e. The Hall–Kier alpha value is -2.77. The van der Waals surface area contributed by atoms with E-state index in [0.717, 1.165) is 18.7 Å². The van der Waals surface area contributed by atoms with Crippen molar-refractivity contribution >= 4 is 11.8 Å². The fourth-order valence-electron chi connectivity index (χ4n) is 3.43. The van der Waals surface area contributed by atoms with E-state index in [1.165, 1.54) is 12.4 Å². The van der Waals surface area contributed by atoms with Gasteiger partial charge in [0.25, 0.3) is 5.91 Å². The zero-order valence-electron chi connectivity index (χ0n) is 13.2. The van der Waals surface area contributed by atoms with Crippen LogP contribution in [0, 0.1) is 0 Å². The van der Waals surface area contributed by atoms with Crippen molar-refractivity contribution in [1.29, 1.82) is 0 Å². The van der Waals surface area contributed by atoms with Gasteiger partial charge in [0.05, 0.1) is 36.2 Å². The maximum absolute atomic E-state index is 12.7. The van der Waals surface area contributed by atoms with Crippen LogP contribution in [0.2, 0.25) is 0 Å². The molecular weight excluding hydrogens is 308 g/mol. The minimum atomic E-state index is -0.0740. The van der Waals surface area contributed by atoms with E-state index in [1.807, 2.05) is 15.6 Å². The molecule has 8 heteroatoms. The molecule has 4 rings (SSSR count). The maximum Gasteiger partial charge on any atom is 0.255 e. The Kier molecular flexibility index (Phi) is 3.72. The maximum atomic E-state index is 12.7. The van der Waals surface area contributed by atoms with Crippen molar-refractivity contribution in [2.75, 3.05) is 19.6 Å². The fourth-order valence-corrected chi connectivity index (χ4v) is 3.43. The van der Waals surface area contributed by atoms with Crippen molar-refractivity contribution in [3.63, 3.8) is 0 Å². The SMILES string of the molecule is O=C1CCCN1CC1CN(C(=O)c2ccnnc2)Cc2ccnn21. The van der Waals surface area contributed by atoms with Crippen molar-refractivity contribution in [2.24, 2.45) is 0 Å². The highest BCUT2D eigenvalue weighted by atomic mass is 16.2. The fraction of sp³-hybridized carbons (Fsp3) is 0.438. The van der Waals surface area contributed by atoms with Crippen molar-refractivity contribution in [1.82, 2.24) is 29.8 Å². The molecule has 4 heterocycles. The molecule has 0 bridgehead atoms. The highest BCUT2D eigenvalue weighted by molar-refractivity contribution is 5.93. The molecule has 1 fully saturated rings. The van der Waals surface area contributed by atoms with E-state index in [4.69, 9.17) is 0 Å². The first kappa shape index (κ1) is 14.8. The Morgan fingerprint density at radius 1 is 1.25 bits per heavy atom. The monoisotopic (exact) mass is 326 g/mol. The Labute approximate surface area is 139 Å². The van der Waals surface area contributed by atoms with Gasteiger partial charge >= 0.3 is 0 Å². The number of carbonyl (C=O) groups excluding carboxylic acids is 2. The number of fused-ring (bicyclic) bond motifs is 1. The average Bonchev–Trinajstić information content (AvgIpc) is 3.24. The molecule has 0 saturated carbocycles. The standard InChI is InChI=1S/C16H18N6O2/c23-15-2-1-7-20(15)10-14-11-21(9-13-4-6-19-22(13)14)16(24)12-3-5-17-18-8-12/h3-6,8,14H,1-2,7,9-11H2. The summed E-state index contributed by atoms with van der Waals surface area (Å²) in [5, 5.41) is 11.9. The zero-order valence-corrected chi connectivity index (χ0v) is 13.2. The second kappa shape index (κ2) is 6.03. The molecule has 1 atom stereocenters. The number of carbonyl (C=O) groups is 2. The van der Waals surface area contributed by atoms with Crippen molar-refractivity contribution in [3.8, 4) is 0 Å². The summed E-state index contributed by atoms with van der Waals surface area (Å²) in [6.07, 6.45) is 6.26. The summed E-state index contributed by atoms with van der Waals surface area (Å²) >= 11 is 0. The Morgan fingerprint density at radius 3 is 2.92 bits per heavy atom. The number of aromatic nitrogens is 4. The average molecular weight is 326 g/mol. The normalized spacial score (nSPS) is 20.3. The van der Waals surface area contributed by atoms with Crippen LogP contribution < -0.4 is 0 Å². The second-order valence-electron chi connectivity index (χ2n) is 6.18. The number of hydrogen-bond acceptors (Lipinski definition) is 5. The number of nitrogens with zero attached hydrogens (tertiary/aromatic N) is 6. The molecule has 2 aliphatic rings. The lowest BCUT2D eigenvalue weighted by Crippen LogP contribution is -2.45. The molecule has 0 spiro atoms. The van der Waals surface area contributed by atoms with E-state index in [9.17, 15) is 9.59 Å². The van der Waals surface area contributed by atoms with Gasteiger partial charge in [0, 0.05) is 32.3 Å². The summed E-state index contributed by atoms with van der Waals surface area (Å²) in [5.41, 5.74) is 1.50. The molecule has 0 aromatic carbocycles. The summed E-state index contributed by atoms with van der Waals surface area (Å²) in [4.78, 5) is 28.3. The summed E-state index contributed by atoms with van der Waals surface area (Å²) in [5.74, 6) is 0.112. The molecule has 124 valence electrons. The third-order valence-corrected chi connectivity index (χ3v) is 4.60. The van der Waals surface area contributed by atoms with Crippen LogP contribution in [-0.2, 0) is 11.3 Å². The highest BCUT2D eigenvalue weighted by Crippen LogP contribution is 2.24. The summed E-state index contributed by atoms with van der Waals surface area (Å²) in [6, 6.07) is 3.56. The van der Waals surface area contributed by atoms with E-state index >= 15 is 0 Å². The van der Waals surface area contributed by atoms with Crippen molar-refractivity contribution in [2.45, 2.75) is 25.4 Å². The van der Waals surface area contributed by atoms with Gasteiger partial charge in [0.1, 0.15) is 0 Å². The van der Waals surface area contributed by atoms with E-state index in [2.05, 4.69) is 15.3 Å². The van der Waals surface area contributed by atoms with Gasteiger partial charge in [-0.1, -0.05) is 0 Å². The van der Waals surface area contributed by atoms with Crippen LogP contribution in [-0.4, -0.2) is 61.2 Å². The molecule has 0 N–H and O–H groups in total. The lowest BCUT2D eigenvalue weighted by Gasteiger charge is -2.35. The summed E-state index contributed by atoms with van der Waals surface area (Å²) in [6.45, 7) is 2.41. The second-order valence-corrected chi connectivity index (χ2v) is 6.18. The molecule has 24 heavy (non-hydrogen) atoms. The first-order valence-electron chi connectivity index (χ1n) is 8.08. The first-order valence-corrected chi connectivity index (χ1v) is 8.08. The first-order chi connectivity index (χ1) is 11.7. The van der Waals surface area contributed by atoms with Crippen LogP contribution in [0.4, 0.5) is 0 Å². The Morgan fingerprint density at radius 2 is 2.17 bits per heavy atom. The lowest BCUT2D eigenvalue weighted by molar-refractivity contribution is -0.128. The largest absolute Gasteiger partial charge is 0.340 e. The van der Waals surface area contributed by atoms with E-state index in [0.29, 0.717) is 31.6 Å². The molecule has 0 radical (unpaired) electrons. The summed E-state index contributed by atoms with van der Waals surface area (Å²) < 4.78 is 1.94. The van der Waals surface area contributed by atoms with Crippen LogP contribution in [0.15, 0.2) is 30.7 Å². The van der Waals surface area contributed by atoms with Crippen molar-refractivity contribution < 1.29 is 9.59 Å². The number of rotatable bonds is 3. The van der Waals surface area contributed by atoms with Crippen LogP contribution >= 0.6 is 0 Å². The quantitative estimate of drug-likeness (QED) is 0.820. The van der Waals surface area contributed by atoms with Crippen LogP contribution in [0.5, 0.6) is 0 Å². The number of likely N-dealkylation sites (tertiary alicyclic amines) is 1. The molecule has 2 aliphatic heterocycles. The predicted molar refractivity (Wildman–Crippen MR) is 83.9 cm³/mol. The summed E-state index contributed by atoms with van der Waals surface area (Å²) in [7, 11) is 0. The molecular formula is C16H18N6O2. The molecule has 0 aliphatic carbocycles. The third kappa shape index (κ3) is 2.64. The Bertz CT molecular complexity index is 759. The minimum absolute atomic E-state index is 0.0236.